The molecule has 1 atom stereocenters. The average Bonchev–Trinajstić information content (AvgIpc) is 2.70. The molecule has 1 saturated heterocycles. The van der Waals surface area contributed by atoms with Crippen LogP contribution in [0.5, 0.6) is 0 Å². The van der Waals surface area contributed by atoms with E-state index in [2.05, 4.69) is 10.3 Å². The minimum atomic E-state index is -3.02. The van der Waals surface area contributed by atoms with Gasteiger partial charge in [-0.15, -0.1) is 11.3 Å². The van der Waals surface area contributed by atoms with Crippen LogP contribution in [0.1, 0.15) is 19.0 Å². The zero-order valence-corrected chi connectivity index (χ0v) is 11.6. The Hall–Kier alpha value is -1.15. The molecule has 1 fully saturated rings. The lowest BCUT2D eigenvalue weighted by molar-refractivity contribution is -0.121. The number of aromatic nitrogens is 1. The summed E-state index contributed by atoms with van der Waals surface area (Å²) < 4.78 is 22.8. The predicted octanol–water partition coefficient (Wildman–Crippen LogP) is -0.0388. The normalized spacial score (nSPS) is 26.1. The first-order valence-electron chi connectivity index (χ1n) is 5.49. The molecule has 2 rings (SSSR count). The van der Waals surface area contributed by atoms with Crippen molar-refractivity contribution < 1.29 is 13.2 Å². The van der Waals surface area contributed by atoms with Gasteiger partial charge in [-0.3, -0.25) is 4.79 Å². The minimum absolute atomic E-state index is 0.00491. The number of nitrogen functional groups attached to an aromatic ring is 1. The van der Waals surface area contributed by atoms with Crippen molar-refractivity contribution >= 4 is 32.2 Å². The number of nitrogens with one attached hydrogen (secondary N) is 1. The molecule has 8 heteroatoms. The zero-order valence-electron chi connectivity index (χ0n) is 9.97. The van der Waals surface area contributed by atoms with Gasteiger partial charge >= 0.3 is 0 Å². The molecule has 0 saturated carbocycles. The van der Waals surface area contributed by atoms with Crippen molar-refractivity contribution in [2.75, 3.05) is 17.2 Å². The highest BCUT2D eigenvalue weighted by Crippen LogP contribution is 2.23. The maximum Gasteiger partial charge on any atom is 0.226 e. The van der Waals surface area contributed by atoms with Crippen LogP contribution in [0.2, 0.25) is 0 Å². The first-order chi connectivity index (χ1) is 8.28. The Kier molecular flexibility index (Phi) is 3.33. The third kappa shape index (κ3) is 3.20. The van der Waals surface area contributed by atoms with Gasteiger partial charge in [-0.1, -0.05) is 0 Å². The second-order valence-corrected chi connectivity index (χ2v) is 7.88. The van der Waals surface area contributed by atoms with Crippen molar-refractivity contribution in [2.24, 2.45) is 0 Å². The van der Waals surface area contributed by atoms with Gasteiger partial charge in [-0.25, -0.2) is 13.4 Å². The van der Waals surface area contributed by atoms with Crippen LogP contribution in [-0.4, -0.2) is 36.4 Å². The van der Waals surface area contributed by atoms with Crippen molar-refractivity contribution in [3.63, 3.8) is 0 Å². The number of nitrogens with two attached hydrogens (primary N) is 1. The summed E-state index contributed by atoms with van der Waals surface area (Å²) in [7, 11) is -3.02. The summed E-state index contributed by atoms with van der Waals surface area (Å²) in [6.45, 7) is 1.75. The fourth-order valence-corrected chi connectivity index (χ4v) is 4.71. The van der Waals surface area contributed by atoms with Crippen molar-refractivity contribution in [1.82, 2.24) is 10.3 Å². The largest absolute Gasteiger partial charge is 0.375 e. The third-order valence-electron chi connectivity index (χ3n) is 2.86. The summed E-state index contributed by atoms with van der Waals surface area (Å²) in [5, 5.41) is 4.92. The van der Waals surface area contributed by atoms with E-state index in [9.17, 15) is 13.2 Å². The lowest BCUT2D eigenvalue weighted by Gasteiger charge is -2.23. The Bertz CT molecular complexity index is 567. The Morgan fingerprint density at radius 2 is 2.39 bits per heavy atom. The average molecular weight is 289 g/mol. The Balaban J connectivity index is 1.96. The summed E-state index contributed by atoms with van der Waals surface area (Å²) in [5.74, 6) is -0.0850. The summed E-state index contributed by atoms with van der Waals surface area (Å²) in [4.78, 5) is 15.8. The second kappa shape index (κ2) is 4.51. The Morgan fingerprint density at radius 1 is 1.67 bits per heavy atom. The number of thiazole rings is 1. The molecule has 0 aliphatic carbocycles. The first-order valence-corrected chi connectivity index (χ1v) is 8.19. The van der Waals surface area contributed by atoms with Crippen LogP contribution in [0.4, 0.5) is 5.13 Å². The van der Waals surface area contributed by atoms with Crippen LogP contribution in [0.3, 0.4) is 0 Å². The van der Waals surface area contributed by atoms with Gasteiger partial charge in [0.05, 0.1) is 29.2 Å². The molecule has 18 heavy (non-hydrogen) atoms. The number of hydrogen-bond acceptors (Lipinski definition) is 6. The van der Waals surface area contributed by atoms with Gasteiger partial charge in [0, 0.05) is 5.38 Å². The highest BCUT2D eigenvalue weighted by atomic mass is 32.2. The van der Waals surface area contributed by atoms with E-state index >= 15 is 0 Å². The maximum atomic E-state index is 11.8. The fraction of sp³-hybridized carbons (Fsp3) is 0.600. The van der Waals surface area contributed by atoms with E-state index in [1.165, 1.54) is 11.3 Å². The van der Waals surface area contributed by atoms with Gasteiger partial charge in [0.15, 0.2) is 15.0 Å². The predicted molar refractivity (Wildman–Crippen MR) is 70.0 cm³/mol. The summed E-state index contributed by atoms with van der Waals surface area (Å²) in [5.41, 5.74) is 5.43. The van der Waals surface area contributed by atoms with Crippen LogP contribution in [0.15, 0.2) is 5.38 Å². The molecular weight excluding hydrogens is 274 g/mol. The lowest BCUT2D eigenvalue weighted by Crippen LogP contribution is -2.47. The number of anilines is 1. The SMILES string of the molecule is CC1(NC(=O)Cc2csc(N)n2)CCS(=O)(=O)C1. The molecule has 1 aromatic rings. The van der Waals surface area contributed by atoms with Crippen molar-refractivity contribution in [3.8, 4) is 0 Å². The molecular formula is C10H15N3O3S2. The topological polar surface area (TPSA) is 102 Å². The second-order valence-electron chi connectivity index (χ2n) is 4.80. The standard InChI is InChI=1S/C10H15N3O3S2/c1-10(2-3-18(15,16)6-10)13-8(14)4-7-5-17-9(11)12-7/h5H,2-4,6H2,1H3,(H2,11,12)(H,13,14). The zero-order chi connectivity index (χ0) is 13.4. The molecule has 100 valence electrons. The maximum absolute atomic E-state index is 11.8. The smallest absolute Gasteiger partial charge is 0.226 e. The number of carbonyl (C=O) groups is 1. The van der Waals surface area contributed by atoms with Crippen LogP contribution in [0.25, 0.3) is 0 Å². The van der Waals surface area contributed by atoms with Crippen LogP contribution in [0, 0.1) is 0 Å². The molecule has 6 nitrogen and oxygen atoms in total. The number of carbonyl (C=O) groups excluding carboxylic acids is 1. The molecule has 3 N–H and O–H groups in total. The molecule has 0 spiro atoms. The number of rotatable bonds is 3. The van der Waals surface area contributed by atoms with E-state index in [0.29, 0.717) is 17.2 Å². The molecule has 1 aromatic heterocycles. The van der Waals surface area contributed by atoms with E-state index in [4.69, 9.17) is 5.73 Å². The Morgan fingerprint density at radius 3 is 2.89 bits per heavy atom. The summed E-state index contributed by atoms with van der Waals surface area (Å²) >= 11 is 1.28. The molecule has 1 aliphatic heterocycles. The van der Waals surface area contributed by atoms with E-state index < -0.39 is 15.4 Å². The van der Waals surface area contributed by atoms with E-state index in [0.717, 1.165) is 0 Å². The minimum Gasteiger partial charge on any atom is -0.375 e. The van der Waals surface area contributed by atoms with Gasteiger partial charge in [0.1, 0.15) is 0 Å². The highest BCUT2D eigenvalue weighted by Gasteiger charge is 2.39. The summed E-state index contributed by atoms with van der Waals surface area (Å²) in [6.07, 6.45) is 0.587. The van der Waals surface area contributed by atoms with Gasteiger partial charge in [-0.2, -0.15) is 0 Å². The molecule has 2 heterocycles. The van der Waals surface area contributed by atoms with Crippen LogP contribution < -0.4 is 11.1 Å². The Labute approximate surface area is 110 Å². The van der Waals surface area contributed by atoms with E-state index in [-0.39, 0.29) is 23.8 Å². The van der Waals surface area contributed by atoms with Gasteiger partial charge in [0.2, 0.25) is 5.91 Å². The molecule has 0 radical (unpaired) electrons. The number of nitrogens with zero attached hydrogens (tertiary/aromatic N) is 1. The lowest BCUT2D eigenvalue weighted by atomic mass is 10.0. The summed E-state index contributed by atoms with van der Waals surface area (Å²) in [6, 6.07) is 0. The molecule has 1 aliphatic rings. The van der Waals surface area contributed by atoms with Crippen molar-refractivity contribution in [3.05, 3.63) is 11.1 Å². The molecule has 0 aromatic carbocycles. The van der Waals surface area contributed by atoms with Crippen LogP contribution in [-0.2, 0) is 21.1 Å². The van der Waals surface area contributed by atoms with Gasteiger partial charge in [-0.05, 0) is 13.3 Å². The number of hydrogen-bond donors (Lipinski definition) is 2. The first kappa shape index (κ1) is 13.3. The van der Waals surface area contributed by atoms with Crippen molar-refractivity contribution in [2.45, 2.75) is 25.3 Å². The monoisotopic (exact) mass is 289 g/mol. The molecule has 1 amide bonds. The van der Waals surface area contributed by atoms with Crippen molar-refractivity contribution in [1.29, 1.82) is 0 Å². The third-order valence-corrected chi connectivity index (χ3v) is 5.48. The fourth-order valence-electron chi connectivity index (χ4n) is 2.06. The van der Waals surface area contributed by atoms with E-state index in [1.807, 2.05) is 0 Å². The molecule has 1 unspecified atom stereocenters. The number of sulfone groups is 1. The number of amides is 1. The highest BCUT2D eigenvalue weighted by molar-refractivity contribution is 7.91. The van der Waals surface area contributed by atoms with Gasteiger partial charge in [0.25, 0.3) is 0 Å². The van der Waals surface area contributed by atoms with E-state index in [1.54, 1.807) is 12.3 Å². The molecule has 0 bridgehead atoms. The van der Waals surface area contributed by atoms with Crippen LogP contribution >= 0.6 is 11.3 Å². The van der Waals surface area contributed by atoms with Gasteiger partial charge < -0.3 is 11.1 Å². The quantitative estimate of drug-likeness (QED) is 0.813.